The molecule has 4 rings (SSSR count). The number of hydrogen-bond donors (Lipinski definition) is 1. The Kier molecular flexibility index (Phi) is 5.12. The second kappa shape index (κ2) is 7.43. The molecule has 2 aromatic carbocycles. The maximum absolute atomic E-state index is 12.5. The number of fused-ring (bicyclic) bond motifs is 1. The van der Waals surface area contributed by atoms with Crippen LogP contribution in [0.5, 0.6) is 0 Å². The first-order valence-corrected chi connectivity index (χ1v) is 10.9. The van der Waals surface area contributed by atoms with Crippen LogP contribution in [0.3, 0.4) is 0 Å². The molecule has 0 saturated heterocycles. The van der Waals surface area contributed by atoms with Crippen molar-refractivity contribution in [2.45, 2.75) is 19.4 Å². The third-order valence-electron chi connectivity index (χ3n) is 4.64. The lowest BCUT2D eigenvalue weighted by atomic mass is 9.86. The molecule has 2 aromatic rings. The number of ether oxygens (including phenoxy) is 1. The van der Waals surface area contributed by atoms with Crippen LogP contribution in [0.4, 0.5) is 5.69 Å². The number of benzene rings is 2. The van der Waals surface area contributed by atoms with E-state index in [1.165, 1.54) is 18.9 Å². The summed E-state index contributed by atoms with van der Waals surface area (Å²) in [7, 11) is 1.42. The molecular formula is C22H19NO2S3. The summed E-state index contributed by atoms with van der Waals surface area (Å²) < 4.78 is 6.08. The number of para-hydroxylation sites is 1. The molecule has 2 aliphatic heterocycles. The second-order valence-electron chi connectivity index (χ2n) is 7.01. The average molecular weight is 426 g/mol. The molecule has 0 atom stereocenters. The third-order valence-corrected chi connectivity index (χ3v) is 7.99. The van der Waals surface area contributed by atoms with E-state index in [4.69, 9.17) is 17.0 Å². The first-order valence-electron chi connectivity index (χ1n) is 8.83. The summed E-state index contributed by atoms with van der Waals surface area (Å²) in [5, 5.41) is 3.53. The molecule has 3 nitrogen and oxygen atoms in total. The SMILES string of the molecule is COC(=O)C1=C(c2ccccc2)S/C(=C2/C(=S)C(C)(C)Nc3ccccc32)S1. The van der Waals surface area contributed by atoms with E-state index < -0.39 is 0 Å². The van der Waals surface area contributed by atoms with Gasteiger partial charge in [-0.1, -0.05) is 84.3 Å². The highest BCUT2D eigenvalue weighted by molar-refractivity contribution is 8.32. The number of thioether (sulfide) groups is 2. The van der Waals surface area contributed by atoms with Gasteiger partial charge in [-0.15, -0.1) is 0 Å². The van der Waals surface area contributed by atoms with Gasteiger partial charge in [-0.05, 0) is 25.5 Å². The Bertz CT molecular complexity index is 1040. The number of methoxy groups -OCH3 is 1. The molecule has 0 spiro atoms. The summed E-state index contributed by atoms with van der Waals surface area (Å²) in [5.41, 5.74) is 3.80. The van der Waals surface area contributed by atoms with Gasteiger partial charge in [0.2, 0.25) is 0 Å². The minimum absolute atomic E-state index is 0.320. The highest BCUT2D eigenvalue weighted by Crippen LogP contribution is 2.57. The average Bonchev–Trinajstić information content (AvgIpc) is 3.13. The van der Waals surface area contributed by atoms with Gasteiger partial charge in [0.15, 0.2) is 0 Å². The van der Waals surface area contributed by atoms with Crippen molar-refractivity contribution in [1.29, 1.82) is 0 Å². The van der Waals surface area contributed by atoms with Crippen LogP contribution in [-0.4, -0.2) is 23.5 Å². The molecule has 0 unspecified atom stereocenters. The van der Waals surface area contributed by atoms with Gasteiger partial charge >= 0.3 is 5.97 Å². The molecule has 0 aliphatic carbocycles. The van der Waals surface area contributed by atoms with E-state index in [0.29, 0.717) is 4.91 Å². The van der Waals surface area contributed by atoms with Crippen LogP contribution in [0.2, 0.25) is 0 Å². The molecule has 0 fully saturated rings. The maximum Gasteiger partial charge on any atom is 0.345 e. The normalized spacial score (nSPS) is 20.6. The first-order chi connectivity index (χ1) is 13.4. The number of nitrogens with one attached hydrogen (secondary N) is 1. The maximum atomic E-state index is 12.5. The smallest absolute Gasteiger partial charge is 0.345 e. The van der Waals surface area contributed by atoms with Gasteiger partial charge in [0, 0.05) is 26.6 Å². The zero-order valence-electron chi connectivity index (χ0n) is 15.7. The number of hydrogen-bond acceptors (Lipinski definition) is 6. The van der Waals surface area contributed by atoms with Crippen LogP contribution >= 0.6 is 35.7 Å². The highest BCUT2D eigenvalue weighted by atomic mass is 32.2. The number of rotatable bonds is 2. The van der Waals surface area contributed by atoms with E-state index in [-0.39, 0.29) is 11.5 Å². The van der Waals surface area contributed by atoms with Crippen molar-refractivity contribution < 1.29 is 9.53 Å². The van der Waals surface area contributed by atoms with E-state index >= 15 is 0 Å². The Morgan fingerprint density at radius 1 is 1.04 bits per heavy atom. The van der Waals surface area contributed by atoms with Crippen molar-refractivity contribution in [3.05, 3.63) is 74.9 Å². The fourth-order valence-electron chi connectivity index (χ4n) is 3.25. The van der Waals surface area contributed by atoms with E-state index in [0.717, 1.165) is 36.4 Å². The lowest BCUT2D eigenvalue weighted by Crippen LogP contribution is -2.43. The summed E-state index contributed by atoms with van der Waals surface area (Å²) in [5.74, 6) is -0.320. The van der Waals surface area contributed by atoms with Crippen LogP contribution in [0.25, 0.3) is 10.5 Å². The van der Waals surface area contributed by atoms with Crippen LogP contribution < -0.4 is 5.32 Å². The minimum atomic E-state index is -0.353. The first kappa shape index (κ1) is 19.3. The second-order valence-corrected chi connectivity index (χ2v) is 9.72. The molecule has 0 amide bonds. The predicted octanol–water partition coefficient (Wildman–Crippen LogP) is 5.95. The van der Waals surface area contributed by atoms with Gasteiger partial charge in [0.1, 0.15) is 4.91 Å². The molecule has 2 aliphatic rings. The van der Waals surface area contributed by atoms with Gasteiger partial charge in [0.05, 0.1) is 16.9 Å². The quantitative estimate of drug-likeness (QED) is 0.364. The largest absolute Gasteiger partial charge is 0.465 e. The summed E-state index contributed by atoms with van der Waals surface area (Å²) in [6.07, 6.45) is 0. The van der Waals surface area contributed by atoms with Crippen molar-refractivity contribution >= 4 is 62.7 Å². The third kappa shape index (κ3) is 3.30. The Hall–Kier alpha value is -2.02. The molecule has 142 valence electrons. The van der Waals surface area contributed by atoms with E-state index in [9.17, 15) is 4.79 Å². The Labute approximate surface area is 178 Å². The van der Waals surface area contributed by atoms with Crippen LogP contribution in [0.1, 0.15) is 25.0 Å². The number of anilines is 1. The monoisotopic (exact) mass is 425 g/mol. The molecule has 28 heavy (non-hydrogen) atoms. The molecule has 0 radical (unpaired) electrons. The van der Waals surface area contributed by atoms with Crippen molar-refractivity contribution in [3.8, 4) is 0 Å². The van der Waals surface area contributed by atoms with E-state index in [1.54, 1.807) is 11.8 Å². The fraction of sp³-hybridized carbons (Fsp3) is 0.182. The predicted molar refractivity (Wildman–Crippen MR) is 124 cm³/mol. The Morgan fingerprint density at radius 2 is 1.71 bits per heavy atom. The number of esters is 1. The summed E-state index contributed by atoms with van der Waals surface area (Å²) >= 11 is 8.93. The van der Waals surface area contributed by atoms with E-state index in [1.807, 2.05) is 42.5 Å². The van der Waals surface area contributed by atoms with Gasteiger partial charge < -0.3 is 10.1 Å². The minimum Gasteiger partial charge on any atom is -0.465 e. The van der Waals surface area contributed by atoms with Crippen LogP contribution in [-0.2, 0) is 9.53 Å². The summed E-state index contributed by atoms with van der Waals surface area (Å²) in [6.45, 7) is 4.17. The molecule has 2 heterocycles. The van der Waals surface area contributed by atoms with E-state index in [2.05, 4.69) is 31.3 Å². The van der Waals surface area contributed by atoms with Crippen LogP contribution in [0.15, 0.2) is 63.7 Å². The number of carbonyl (C=O) groups excluding carboxylic acids is 1. The molecule has 0 saturated carbocycles. The zero-order chi connectivity index (χ0) is 19.9. The molecule has 6 heteroatoms. The Morgan fingerprint density at radius 3 is 2.43 bits per heavy atom. The zero-order valence-corrected chi connectivity index (χ0v) is 18.2. The molecule has 0 aromatic heterocycles. The summed E-state index contributed by atoms with van der Waals surface area (Å²) in [4.78, 5) is 14.9. The van der Waals surface area contributed by atoms with Gasteiger partial charge in [-0.25, -0.2) is 4.79 Å². The Balaban J connectivity index is 1.87. The van der Waals surface area contributed by atoms with Gasteiger partial charge in [0.25, 0.3) is 0 Å². The van der Waals surface area contributed by atoms with Crippen molar-refractivity contribution in [2.75, 3.05) is 12.4 Å². The summed E-state index contributed by atoms with van der Waals surface area (Å²) in [6, 6.07) is 18.1. The molecule has 1 N–H and O–H groups in total. The van der Waals surface area contributed by atoms with Crippen molar-refractivity contribution in [1.82, 2.24) is 0 Å². The topological polar surface area (TPSA) is 38.3 Å². The van der Waals surface area contributed by atoms with Crippen molar-refractivity contribution in [3.63, 3.8) is 0 Å². The highest BCUT2D eigenvalue weighted by Gasteiger charge is 2.38. The van der Waals surface area contributed by atoms with Gasteiger partial charge in [-0.2, -0.15) is 0 Å². The van der Waals surface area contributed by atoms with Gasteiger partial charge in [-0.3, -0.25) is 0 Å². The fourth-order valence-corrected chi connectivity index (χ4v) is 6.36. The van der Waals surface area contributed by atoms with Crippen LogP contribution in [0, 0.1) is 0 Å². The number of carbonyl (C=O) groups is 1. The van der Waals surface area contributed by atoms with Crippen molar-refractivity contribution in [2.24, 2.45) is 0 Å². The standard InChI is InChI=1S/C22H19NO2S3/c1-22(2)19(26)16(14-11-7-8-12-15(14)23-22)21-27-17(13-9-5-4-6-10-13)18(28-21)20(24)25-3/h4-12,23H,1-3H3/b21-16-. The molecular weight excluding hydrogens is 406 g/mol. The molecule has 0 bridgehead atoms. The number of thiocarbonyl (C=S) groups is 1. The lowest BCUT2D eigenvalue weighted by Gasteiger charge is -2.36. The lowest BCUT2D eigenvalue weighted by molar-refractivity contribution is -0.135.